The quantitative estimate of drug-likeness (QED) is 0.731. The molecule has 0 fully saturated rings. The van der Waals surface area contributed by atoms with E-state index in [1.807, 2.05) is 0 Å². The van der Waals surface area contributed by atoms with Crippen molar-refractivity contribution in [3.05, 3.63) is 24.0 Å². The summed E-state index contributed by atoms with van der Waals surface area (Å²) in [4.78, 5) is 0. The van der Waals surface area contributed by atoms with Crippen LogP contribution in [-0.2, 0) is 13.2 Å². The molecule has 0 radical (unpaired) electrons. The van der Waals surface area contributed by atoms with Gasteiger partial charge in [-0.3, -0.25) is 0 Å². The Morgan fingerprint density at radius 3 is 2.50 bits per heavy atom. The van der Waals surface area contributed by atoms with Crippen LogP contribution in [0.3, 0.4) is 0 Å². The minimum Gasteiger partial charge on any atom is -0.392 e. The third-order valence-corrected chi connectivity index (χ3v) is 1.36. The van der Waals surface area contributed by atoms with Crippen molar-refractivity contribution in [1.82, 2.24) is 4.57 Å². The zero-order valence-electron chi connectivity index (χ0n) is 6.17. The van der Waals surface area contributed by atoms with Crippen LogP contribution in [0.1, 0.15) is 5.56 Å². The van der Waals surface area contributed by atoms with Crippen LogP contribution in [0.2, 0.25) is 0 Å². The Morgan fingerprint density at radius 2 is 2.08 bits per heavy atom. The molecule has 0 bridgehead atoms. The topological polar surface area (TPSA) is 25.2 Å². The van der Waals surface area contributed by atoms with Crippen LogP contribution in [0.4, 0.5) is 13.2 Å². The van der Waals surface area contributed by atoms with Crippen LogP contribution >= 0.6 is 0 Å². The van der Waals surface area contributed by atoms with Crippen molar-refractivity contribution in [3.8, 4) is 0 Å². The maximum absolute atomic E-state index is 11.8. The number of aliphatic hydroxyl groups excluding tert-OH is 1. The van der Waals surface area contributed by atoms with Gasteiger partial charge in [-0.1, -0.05) is 0 Å². The summed E-state index contributed by atoms with van der Waals surface area (Å²) in [5.41, 5.74) is 0.485. The van der Waals surface area contributed by atoms with Crippen LogP contribution in [0, 0.1) is 0 Å². The maximum Gasteiger partial charge on any atom is 0.406 e. The van der Waals surface area contributed by atoms with E-state index in [1.165, 1.54) is 18.5 Å². The van der Waals surface area contributed by atoms with Crippen molar-refractivity contribution in [1.29, 1.82) is 0 Å². The lowest BCUT2D eigenvalue weighted by Crippen LogP contribution is -2.16. The molecule has 1 N–H and O–H groups in total. The maximum atomic E-state index is 11.8. The largest absolute Gasteiger partial charge is 0.406 e. The summed E-state index contributed by atoms with van der Waals surface area (Å²) in [5.74, 6) is 0. The molecule has 0 saturated carbocycles. The second-order valence-electron chi connectivity index (χ2n) is 2.47. The van der Waals surface area contributed by atoms with Crippen molar-refractivity contribution >= 4 is 0 Å². The monoisotopic (exact) mass is 179 g/mol. The van der Waals surface area contributed by atoms with Gasteiger partial charge < -0.3 is 9.67 Å². The fourth-order valence-electron chi connectivity index (χ4n) is 0.889. The summed E-state index contributed by atoms with van der Waals surface area (Å²) < 4.78 is 36.3. The number of aromatic nitrogens is 1. The number of aliphatic hydroxyl groups is 1. The smallest absolute Gasteiger partial charge is 0.392 e. The Morgan fingerprint density at radius 1 is 1.42 bits per heavy atom. The zero-order valence-corrected chi connectivity index (χ0v) is 6.17. The van der Waals surface area contributed by atoms with E-state index in [2.05, 4.69) is 0 Å². The molecular formula is C7H8F3NO. The van der Waals surface area contributed by atoms with Crippen molar-refractivity contribution in [2.24, 2.45) is 0 Å². The molecule has 0 aromatic carbocycles. The molecule has 2 nitrogen and oxygen atoms in total. The van der Waals surface area contributed by atoms with Crippen molar-refractivity contribution in [3.63, 3.8) is 0 Å². The highest BCUT2D eigenvalue weighted by molar-refractivity contribution is 5.08. The second kappa shape index (κ2) is 3.18. The molecule has 0 aliphatic carbocycles. The lowest BCUT2D eigenvalue weighted by Gasteiger charge is -2.06. The van der Waals surface area contributed by atoms with Gasteiger partial charge in [0.2, 0.25) is 0 Å². The van der Waals surface area contributed by atoms with Crippen LogP contribution in [-0.4, -0.2) is 15.8 Å². The van der Waals surface area contributed by atoms with Gasteiger partial charge in [-0.15, -0.1) is 0 Å². The molecule has 0 aliphatic heterocycles. The molecule has 1 aromatic heterocycles. The number of rotatable bonds is 2. The average Bonchev–Trinajstić information content (AvgIpc) is 2.32. The summed E-state index contributed by atoms with van der Waals surface area (Å²) in [6.07, 6.45) is -1.64. The Labute approximate surface area is 67.2 Å². The number of nitrogens with zero attached hydrogens (tertiary/aromatic N) is 1. The molecular weight excluding hydrogens is 171 g/mol. The van der Waals surface area contributed by atoms with Gasteiger partial charge in [0, 0.05) is 12.4 Å². The lowest BCUT2D eigenvalue weighted by atomic mass is 10.4. The van der Waals surface area contributed by atoms with E-state index >= 15 is 0 Å². The van der Waals surface area contributed by atoms with Gasteiger partial charge in [-0.05, 0) is 11.6 Å². The van der Waals surface area contributed by atoms with Gasteiger partial charge in [0.1, 0.15) is 6.54 Å². The van der Waals surface area contributed by atoms with Crippen LogP contribution in [0.15, 0.2) is 18.5 Å². The third kappa shape index (κ3) is 2.58. The normalized spacial score (nSPS) is 12.0. The minimum absolute atomic E-state index is 0.231. The molecule has 68 valence electrons. The molecule has 0 spiro atoms. The zero-order chi connectivity index (χ0) is 9.19. The molecule has 12 heavy (non-hydrogen) atoms. The van der Waals surface area contributed by atoms with Gasteiger partial charge in [0.05, 0.1) is 6.61 Å². The van der Waals surface area contributed by atoms with E-state index in [-0.39, 0.29) is 6.61 Å². The van der Waals surface area contributed by atoms with Crippen molar-refractivity contribution in [2.75, 3.05) is 0 Å². The van der Waals surface area contributed by atoms with Gasteiger partial charge >= 0.3 is 6.18 Å². The first kappa shape index (κ1) is 9.12. The molecule has 5 heteroatoms. The molecule has 1 aromatic rings. The van der Waals surface area contributed by atoms with E-state index < -0.39 is 12.7 Å². The lowest BCUT2D eigenvalue weighted by molar-refractivity contribution is -0.140. The summed E-state index contributed by atoms with van der Waals surface area (Å²) in [6, 6.07) is 1.45. The van der Waals surface area contributed by atoms with Crippen molar-refractivity contribution < 1.29 is 18.3 Å². The average molecular weight is 179 g/mol. The van der Waals surface area contributed by atoms with Gasteiger partial charge in [-0.2, -0.15) is 13.2 Å². The van der Waals surface area contributed by atoms with E-state index in [9.17, 15) is 13.2 Å². The first-order chi connectivity index (χ1) is 5.51. The molecule has 0 saturated heterocycles. The molecule has 1 heterocycles. The minimum atomic E-state index is -4.20. The van der Waals surface area contributed by atoms with Crippen molar-refractivity contribution in [2.45, 2.75) is 19.3 Å². The summed E-state index contributed by atoms with van der Waals surface area (Å²) >= 11 is 0. The number of alkyl halides is 3. The predicted molar refractivity (Wildman–Crippen MR) is 36.4 cm³/mol. The fraction of sp³-hybridized carbons (Fsp3) is 0.429. The molecule has 0 unspecified atom stereocenters. The highest BCUT2D eigenvalue weighted by Crippen LogP contribution is 2.17. The highest BCUT2D eigenvalue weighted by Gasteiger charge is 2.27. The summed E-state index contributed by atoms with van der Waals surface area (Å²) in [6.45, 7) is -1.24. The predicted octanol–water partition coefficient (Wildman–Crippen LogP) is 1.54. The van der Waals surface area contributed by atoms with Crippen LogP contribution in [0.25, 0.3) is 0 Å². The van der Waals surface area contributed by atoms with E-state index in [0.29, 0.717) is 5.56 Å². The first-order valence-corrected chi connectivity index (χ1v) is 3.33. The van der Waals surface area contributed by atoms with Crippen LogP contribution < -0.4 is 0 Å². The summed E-state index contributed by atoms with van der Waals surface area (Å²) in [7, 11) is 0. The third-order valence-electron chi connectivity index (χ3n) is 1.36. The number of halogens is 3. The second-order valence-corrected chi connectivity index (χ2v) is 2.47. The standard InChI is InChI=1S/C7H8F3NO/c8-7(9,10)5-11-2-1-6(3-11)4-12/h1-3,12H,4-5H2. The number of hydrogen-bond acceptors (Lipinski definition) is 1. The Hall–Kier alpha value is -0.970. The Bertz CT molecular complexity index is 253. The van der Waals surface area contributed by atoms with Gasteiger partial charge in [-0.25, -0.2) is 0 Å². The SMILES string of the molecule is OCc1ccn(CC(F)(F)F)c1. The molecule has 1 rings (SSSR count). The van der Waals surface area contributed by atoms with Gasteiger partial charge in [0.15, 0.2) is 0 Å². The number of hydrogen-bond donors (Lipinski definition) is 1. The molecule has 0 atom stereocenters. The first-order valence-electron chi connectivity index (χ1n) is 3.33. The van der Waals surface area contributed by atoms with Crippen LogP contribution in [0.5, 0.6) is 0 Å². The summed E-state index contributed by atoms with van der Waals surface area (Å²) in [5, 5.41) is 8.55. The van der Waals surface area contributed by atoms with E-state index in [4.69, 9.17) is 5.11 Å². The Balaban J connectivity index is 2.64. The van der Waals surface area contributed by atoms with E-state index in [0.717, 1.165) is 4.57 Å². The highest BCUT2D eigenvalue weighted by atomic mass is 19.4. The van der Waals surface area contributed by atoms with E-state index in [1.54, 1.807) is 0 Å². The fourth-order valence-corrected chi connectivity index (χ4v) is 0.889. The Kier molecular flexibility index (Phi) is 2.42. The van der Waals surface area contributed by atoms with Gasteiger partial charge in [0.25, 0.3) is 0 Å². The molecule has 0 amide bonds. The molecule has 0 aliphatic rings.